The summed E-state index contributed by atoms with van der Waals surface area (Å²) in [5, 5.41) is 1.31. The zero-order chi connectivity index (χ0) is 7.84. The molecule has 0 aliphatic heterocycles. The number of benzene rings is 1. The zero-order valence-corrected chi connectivity index (χ0v) is 6.81. The van der Waals surface area contributed by atoms with Gasteiger partial charge in [-0.15, -0.1) is 0 Å². The number of aromatic amines is 1. The van der Waals surface area contributed by atoms with Crippen molar-refractivity contribution in [3.63, 3.8) is 0 Å². The topological polar surface area (TPSA) is 15.8 Å². The SMILES string of the molecule is Cc1ccc2[nH]c(C)cc2c1.[HH]. The number of hydrogen-bond donors (Lipinski definition) is 1. The van der Waals surface area contributed by atoms with Gasteiger partial charge in [-0.3, -0.25) is 0 Å². The van der Waals surface area contributed by atoms with E-state index >= 15 is 0 Å². The van der Waals surface area contributed by atoms with Crippen LogP contribution in [0.15, 0.2) is 24.3 Å². The molecule has 0 spiro atoms. The van der Waals surface area contributed by atoms with Crippen LogP contribution in [-0.4, -0.2) is 4.98 Å². The first-order valence-corrected chi connectivity index (χ1v) is 3.82. The molecule has 1 N–H and O–H groups in total. The summed E-state index contributed by atoms with van der Waals surface area (Å²) in [5.74, 6) is 0. The van der Waals surface area contributed by atoms with Gasteiger partial charge in [-0.05, 0) is 37.4 Å². The van der Waals surface area contributed by atoms with Gasteiger partial charge in [0.05, 0.1) is 0 Å². The van der Waals surface area contributed by atoms with Crippen molar-refractivity contribution in [3.8, 4) is 0 Å². The Bertz CT molecular complexity index is 390. The summed E-state index contributed by atoms with van der Waals surface area (Å²) in [4.78, 5) is 3.29. The number of fused-ring (bicyclic) bond motifs is 1. The fourth-order valence-corrected chi connectivity index (χ4v) is 1.40. The van der Waals surface area contributed by atoms with Crippen LogP contribution in [0.2, 0.25) is 0 Å². The summed E-state index contributed by atoms with van der Waals surface area (Å²) in [6, 6.07) is 8.61. The summed E-state index contributed by atoms with van der Waals surface area (Å²) < 4.78 is 0. The Kier molecular flexibility index (Phi) is 1.25. The van der Waals surface area contributed by atoms with E-state index in [0.717, 1.165) is 0 Å². The third-order valence-electron chi connectivity index (χ3n) is 1.91. The molecule has 1 heteroatoms. The summed E-state index contributed by atoms with van der Waals surface area (Å²) in [6.07, 6.45) is 0. The molecular formula is C10H13N. The predicted molar refractivity (Wildman–Crippen MR) is 49.9 cm³/mol. The minimum Gasteiger partial charge on any atom is -0.359 e. The van der Waals surface area contributed by atoms with Crippen molar-refractivity contribution in [2.75, 3.05) is 0 Å². The molecule has 1 aromatic heterocycles. The molecule has 1 heterocycles. The zero-order valence-electron chi connectivity index (χ0n) is 6.81. The average molecular weight is 147 g/mol. The Morgan fingerprint density at radius 1 is 1.18 bits per heavy atom. The quantitative estimate of drug-likeness (QED) is 0.589. The molecule has 0 unspecified atom stereocenters. The number of rotatable bonds is 0. The highest BCUT2D eigenvalue weighted by atomic mass is 14.7. The Balaban J connectivity index is 0.000000720. The van der Waals surface area contributed by atoms with E-state index in [9.17, 15) is 0 Å². The van der Waals surface area contributed by atoms with Crippen molar-refractivity contribution in [1.29, 1.82) is 0 Å². The van der Waals surface area contributed by atoms with Crippen LogP contribution in [0.4, 0.5) is 0 Å². The van der Waals surface area contributed by atoms with Crippen LogP contribution in [0.5, 0.6) is 0 Å². The molecule has 2 aromatic rings. The van der Waals surface area contributed by atoms with Crippen molar-refractivity contribution in [2.45, 2.75) is 13.8 Å². The average Bonchev–Trinajstić information content (AvgIpc) is 2.27. The van der Waals surface area contributed by atoms with Crippen molar-refractivity contribution in [1.82, 2.24) is 4.98 Å². The molecule has 0 saturated carbocycles. The van der Waals surface area contributed by atoms with E-state index in [1.54, 1.807) is 0 Å². The summed E-state index contributed by atoms with van der Waals surface area (Å²) >= 11 is 0. The minimum absolute atomic E-state index is 0. The molecule has 1 nitrogen and oxygen atoms in total. The Labute approximate surface area is 67.5 Å². The minimum atomic E-state index is 0. The largest absolute Gasteiger partial charge is 0.359 e. The second-order valence-corrected chi connectivity index (χ2v) is 3.04. The standard InChI is InChI=1S/C10H11N.H2/c1-7-3-4-10-9(5-7)6-8(2)11-10;/h3-6,11H,1-2H3;1H. The summed E-state index contributed by atoms with van der Waals surface area (Å²) in [5.41, 5.74) is 3.77. The second kappa shape index (κ2) is 2.12. The van der Waals surface area contributed by atoms with Crippen molar-refractivity contribution < 1.29 is 1.43 Å². The molecule has 0 aliphatic carbocycles. The highest BCUT2D eigenvalue weighted by Crippen LogP contribution is 2.15. The lowest BCUT2D eigenvalue weighted by molar-refractivity contribution is 1.30. The van der Waals surface area contributed by atoms with Crippen LogP contribution in [-0.2, 0) is 0 Å². The van der Waals surface area contributed by atoms with Crippen LogP contribution in [0.1, 0.15) is 12.7 Å². The van der Waals surface area contributed by atoms with Gasteiger partial charge in [0.25, 0.3) is 0 Å². The van der Waals surface area contributed by atoms with Crippen LogP contribution in [0, 0.1) is 13.8 Å². The van der Waals surface area contributed by atoms with Crippen molar-refractivity contribution >= 4 is 10.9 Å². The molecule has 11 heavy (non-hydrogen) atoms. The van der Waals surface area contributed by atoms with Gasteiger partial charge in [0.15, 0.2) is 0 Å². The molecule has 0 amide bonds. The van der Waals surface area contributed by atoms with E-state index in [-0.39, 0.29) is 1.43 Å². The van der Waals surface area contributed by atoms with Crippen LogP contribution >= 0.6 is 0 Å². The lowest BCUT2D eigenvalue weighted by Crippen LogP contribution is -1.70. The normalized spacial score (nSPS) is 10.7. The number of aryl methyl sites for hydroxylation is 2. The molecule has 0 fully saturated rings. The maximum Gasteiger partial charge on any atom is 0.0456 e. The molecule has 0 saturated heterocycles. The molecule has 58 valence electrons. The third-order valence-corrected chi connectivity index (χ3v) is 1.91. The van der Waals surface area contributed by atoms with Crippen LogP contribution in [0.3, 0.4) is 0 Å². The number of H-pyrrole nitrogens is 1. The number of nitrogens with one attached hydrogen (secondary N) is 1. The molecule has 0 bridgehead atoms. The van der Waals surface area contributed by atoms with Gasteiger partial charge in [0.1, 0.15) is 0 Å². The van der Waals surface area contributed by atoms with Crippen LogP contribution in [0.25, 0.3) is 10.9 Å². The van der Waals surface area contributed by atoms with E-state index < -0.39 is 0 Å². The lowest BCUT2D eigenvalue weighted by Gasteiger charge is -1.90. The molecule has 0 aliphatic rings. The molecule has 0 radical (unpaired) electrons. The maximum atomic E-state index is 3.29. The molecule has 1 aromatic carbocycles. The summed E-state index contributed by atoms with van der Waals surface area (Å²) in [7, 11) is 0. The van der Waals surface area contributed by atoms with E-state index in [4.69, 9.17) is 0 Å². The van der Waals surface area contributed by atoms with Gasteiger partial charge in [0.2, 0.25) is 0 Å². The Hall–Kier alpha value is -1.24. The first kappa shape index (κ1) is 6.47. The molecule has 0 atom stereocenters. The van der Waals surface area contributed by atoms with E-state index in [0.29, 0.717) is 0 Å². The van der Waals surface area contributed by atoms with Gasteiger partial charge in [-0.2, -0.15) is 0 Å². The highest BCUT2D eigenvalue weighted by molar-refractivity contribution is 5.80. The third kappa shape index (κ3) is 1.03. The maximum absolute atomic E-state index is 3.29. The molecular weight excluding hydrogens is 134 g/mol. The molecule has 2 rings (SSSR count). The Morgan fingerprint density at radius 3 is 2.82 bits per heavy atom. The number of aromatic nitrogens is 1. The second-order valence-electron chi connectivity index (χ2n) is 3.04. The predicted octanol–water partition coefficient (Wildman–Crippen LogP) is 3.03. The fourth-order valence-electron chi connectivity index (χ4n) is 1.40. The summed E-state index contributed by atoms with van der Waals surface area (Å²) in [6.45, 7) is 4.19. The first-order chi connectivity index (χ1) is 5.25. The van der Waals surface area contributed by atoms with Crippen molar-refractivity contribution in [2.24, 2.45) is 0 Å². The van der Waals surface area contributed by atoms with E-state index in [2.05, 4.69) is 43.1 Å². The van der Waals surface area contributed by atoms with Gasteiger partial charge in [-0.1, -0.05) is 11.6 Å². The Morgan fingerprint density at radius 2 is 2.00 bits per heavy atom. The van der Waals surface area contributed by atoms with E-state index in [1.807, 2.05) is 0 Å². The monoisotopic (exact) mass is 147 g/mol. The van der Waals surface area contributed by atoms with E-state index in [1.165, 1.54) is 22.2 Å². The number of hydrogen-bond acceptors (Lipinski definition) is 0. The lowest BCUT2D eigenvalue weighted by atomic mass is 10.2. The van der Waals surface area contributed by atoms with Gasteiger partial charge < -0.3 is 4.98 Å². The highest BCUT2D eigenvalue weighted by Gasteiger charge is 1.95. The van der Waals surface area contributed by atoms with Crippen LogP contribution < -0.4 is 0 Å². The first-order valence-electron chi connectivity index (χ1n) is 3.82. The smallest absolute Gasteiger partial charge is 0.0456 e. The fraction of sp³-hybridized carbons (Fsp3) is 0.200. The van der Waals surface area contributed by atoms with Gasteiger partial charge in [-0.25, -0.2) is 0 Å². The van der Waals surface area contributed by atoms with Crippen molar-refractivity contribution in [3.05, 3.63) is 35.5 Å². The van der Waals surface area contributed by atoms with Gasteiger partial charge >= 0.3 is 0 Å². The van der Waals surface area contributed by atoms with Gasteiger partial charge in [0, 0.05) is 12.6 Å².